The van der Waals surface area contributed by atoms with Crippen molar-refractivity contribution in [2.75, 3.05) is 4.90 Å². The number of nitriles is 1. The first-order valence-corrected chi connectivity index (χ1v) is 8.65. The zero-order valence-corrected chi connectivity index (χ0v) is 15.0. The summed E-state index contributed by atoms with van der Waals surface area (Å²) in [5, 5.41) is 9.96. The number of hydrogen-bond acceptors (Lipinski definition) is 3. The number of fused-ring (bicyclic) bond motifs is 3. The van der Waals surface area contributed by atoms with Gasteiger partial charge in [0.2, 0.25) is 5.91 Å². The van der Waals surface area contributed by atoms with E-state index in [1.807, 2.05) is 37.3 Å². The van der Waals surface area contributed by atoms with E-state index in [9.17, 15) is 14.9 Å². The van der Waals surface area contributed by atoms with Crippen LogP contribution >= 0.6 is 0 Å². The van der Waals surface area contributed by atoms with Crippen molar-refractivity contribution in [1.82, 2.24) is 4.57 Å². The van der Waals surface area contributed by atoms with Crippen molar-refractivity contribution < 1.29 is 9.59 Å². The lowest BCUT2D eigenvalue weighted by molar-refractivity contribution is 0.0938. The highest BCUT2D eigenvalue weighted by Crippen LogP contribution is 2.47. The van der Waals surface area contributed by atoms with Gasteiger partial charge in [-0.25, -0.2) is 0 Å². The highest BCUT2D eigenvalue weighted by molar-refractivity contribution is 6.10. The predicted molar refractivity (Wildman–Crippen MR) is 103 cm³/mol. The van der Waals surface area contributed by atoms with Crippen molar-refractivity contribution in [1.29, 1.82) is 5.26 Å². The van der Waals surface area contributed by atoms with Gasteiger partial charge in [0.15, 0.2) is 6.04 Å². The Morgan fingerprint density at radius 3 is 2.37 bits per heavy atom. The molecule has 0 saturated carbocycles. The van der Waals surface area contributed by atoms with E-state index in [1.165, 1.54) is 11.8 Å². The van der Waals surface area contributed by atoms with Crippen LogP contribution in [0.25, 0.3) is 11.3 Å². The largest absolute Gasteiger partial charge is 0.287 e. The molecular formula is C22H17N3O2. The number of carbonyl (C=O) groups is 2. The smallest absolute Gasteiger partial charge is 0.259 e. The monoisotopic (exact) mass is 355 g/mol. The first kappa shape index (κ1) is 16.8. The van der Waals surface area contributed by atoms with Crippen molar-refractivity contribution in [3.63, 3.8) is 0 Å². The zero-order valence-electron chi connectivity index (χ0n) is 15.0. The van der Waals surface area contributed by atoms with Gasteiger partial charge in [-0.3, -0.25) is 19.1 Å². The molecule has 1 amide bonds. The molecule has 2 aromatic carbocycles. The molecule has 2 heterocycles. The molecule has 1 unspecified atom stereocenters. The summed E-state index contributed by atoms with van der Waals surface area (Å²) in [5.74, 6) is -0.371. The standard InChI is InChI=1S/C22H17N3O2/c1-14-13-24(15(2)26)21-17-10-6-7-11-18(17)25(19(12-23)20(14)21)22(27)16-8-4-3-5-9-16/h3-11,13,19H,1-2H3. The average Bonchev–Trinajstić information content (AvgIpc) is 3.05. The van der Waals surface area contributed by atoms with Gasteiger partial charge in [0.25, 0.3) is 5.91 Å². The normalized spacial score (nSPS) is 14.9. The number of nitrogens with zero attached hydrogens (tertiary/aromatic N) is 3. The molecule has 0 fully saturated rings. The molecular weight excluding hydrogens is 338 g/mol. The molecule has 0 aliphatic carbocycles. The number of amides is 1. The van der Waals surface area contributed by atoms with Gasteiger partial charge in [-0.2, -0.15) is 5.26 Å². The third-order valence-corrected chi connectivity index (χ3v) is 4.90. The predicted octanol–water partition coefficient (Wildman–Crippen LogP) is 4.35. The van der Waals surface area contributed by atoms with Gasteiger partial charge in [0.1, 0.15) is 0 Å². The molecule has 3 aromatic rings. The first-order chi connectivity index (χ1) is 13.0. The minimum Gasteiger partial charge on any atom is -0.287 e. The summed E-state index contributed by atoms with van der Waals surface area (Å²) >= 11 is 0. The molecule has 0 bridgehead atoms. The molecule has 132 valence electrons. The molecule has 0 saturated heterocycles. The van der Waals surface area contributed by atoms with Crippen LogP contribution < -0.4 is 4.90 Å². The van der Waals surface area contributed by atoms with Crippen molar-refractivity contribution in [3.05, 3.63) is 77.5 Å². The maximum absolute atomic E-state index is 13.3. The zero-order chi connectivity index (χ0) is 19.1. The van der Waals surface area contributed by atoms with Crippen LogP contribution in [0.1, 0.15) is 39.2 Å². The summed E-state index contributed by atoms with van der Waals surface area (Å²) in [4.78, 5) is 27.0. The van der Waals surface area contributed by atoms with Gasteiger partial charge in [-0.05, 0) is 30.7 Å². The molecule has 0 spiro atoms. The molecule has 1 aromatic heterocycles. The van der Waals surface area contributed by atoms with Crippen LogP contribution in [0, 0.1) is 18.3 Å². The van der Waals surface area contributed by atoms with Crippen molar-refractivity contribution >= 4 is 17.5 Å². The topological polar surface area (TPSA) is 66.1 Å². The number of aryl methyl sites for hydroxylation is 1. The van der Waals surface area contributed by atoms with E-state index >= 15 is 0 Å². The van der Waals surface area contributed by atoms with Crippen LogP contribution in [-0.2, 0) is 0 Å². The fourth-order valence-electron chi connectivity index (χ4n) is 3.73. The van der Waals surface area contributed by atoms with Crippen LogP contribution in [-0.4, -0.2) is 16.4 Å². The van der Waals surface area contributed by atoms with Crippen molar-refractivity contribution in [2.45, 2.75) is 19.9 Å². The van der Waals surface area contributed by atoms with E-state index < -0.39 is 6.04 Å². The van der Waals surface area contributed by atoms with E-state index in [2.05, 4.69) is 6.07 Å². The molecule has 27 heavy (non-hydrogen) atoms. The summed E-state index contributed by atoms with van der Waals surface area (Å²) in [6, 6.07) is 17.8. The van der Waals surface area contributed by atoms with Crippen LogP contribution in [0.2, 0.25) is 0 Å². The Morgan fingerprint density at radius 1 is 1.04 bits per heavy atom. The fourth-order valence-corrected chi connectivity index (χ4v) is 3.73. The Balaban J connectivity index is 2.00. The van der Waals surface area contributed by atoms with Crippen molar-refractivity contribution in [2.24, 2.45) is 0 Å². The summed E-state index contributed by atoms with van der Waals surface area (Å²) in [6.45, 7) is 3.35. The second-order valence-corrected chi connectivity index (χ2v) is 6.55. The number of anilines is 1. The third-order valence-electron chi connectivity index (χ3n) is 4.90. The summed E-state index contributed by atoms with van der Waals surface area (Å²) in [7, 11) is 0. The number of carbonyl (C=O) groups excluding carboxylic acids is 2. The lowest BCUT2D eigenvalue weighted by Gasteiger charge is -2.34. The number of para-hydroxylation sites is 1. The number of benzene rings is 2. The second-order valence-electron chi connectivity index (χ2n) is 6.55. The maximum Gasteiger partial charge on any atom is 0.259 e. The number of aromatic nitrogens is 1. The Bertz CT molecular complexity index is 1110. The van der Waals surface area contributed by atoms with E-state index in [0.29, 0.717) is 22.5 Å². The highest BCUT2D eigenvalue weighted by Gasteiger charge is 2.39. The van der Waals surface area contributed by atoms with E-state index in [0.717, 1.165) is 11.1 Å². The van der Waals surface area contributed by atoms with E-state index in [4.69, 9.17) is 0 Å². The van der Waals surface area contributed by atoms with Crippen LogP contribution in [0.15, 0.2) is 60.8 Å². The lowest BCUT2D eigenvalue weighted by Crippen LogP contribution is -2.37. The molecule has 0 N–H and O–H groups in total. The molecule has 1 aliphatic heterocycles. The Morgan fingerprint density at radius 2 is 1.70 bits per heavy atom. The molecule has 5 heteroatoms. The molecule has 0 radical (unpaired) electrons. The quantitative estimate of drug-likeness (QED) is 0.652. The van der Waals surface area contributed by atoms with Gasteiger partial charge in [0, 0.05) is 29.8 Å². The Hall–Kier alpha value is -3.65. The maximum atomic E-state index is 13.3. The highest BCUT2D eigenvalue weighted by atomic mass is 16.2. The van der Waals surface area contributed by atoms with Crippen LogP contribution in [0.5, 0.6) is 0 Å². The van der Waals surface area contributed by atoms with Gasteiger partial charge < -0.3 is 0 Å². The molecule has 5 nitrogen and oxygen atoms in total. The molecule has 4 rings (SSSR count). The van der Waals surface area contributed by atoms with Crippen molar-refractivity contribution in [3.8, 4) is 17.3 Å². The summed E-state index contributed by atoms with van der Waals surface area (Å²) in [5.41, 5.74) is 4.12. The summed E-state index contributed by atoms with van der Waals surface area (Å²) in [6.07, 6.45) is 1.74. The SMILES string of the molecule is CC(=O)n1cc(C)c2c1-c1ccccc1N(C(=O)c1ccccc1)C2C#N. The van der Waals surface area contributed by atoms with Gasteiger partial charge in [0.05, 0.1) is 17.5 Å². The third kappa shape index (κ3) is 2.46. The summed E-state index contributed by atoms with van der Waals surface area (Å²) < 4.78 is 1.57. The molecule has 1 aliphatic rings. The van der Waals surface area contributed by atoms with Gasteiger partial charge >= 0.3 is 0 Å². The van der Waals surface area contributed by atoms with Crippen LogP contribution in [0.3, 0.4) is 0 Å². The number of rotatable bonds is 1. The lowest BCUT2D eigenvalue weighted by atomic mass is 9.91. The Kier molecular flexibility index (Phi) is 3.89. The van der Waals surface area contributed by atoms with E-state index in [-0.39, 0.29) is 11.8 Å². The second kappa shape index (κ2) is 6.26. The van der Waals surface area contributed by atoms with Gasteiger partial charge in [-0.1, -0.05) is 36.4 Å². The Labute approximate surface area is 157 Å². The minimum absolute atomic E-state index is 0.131. The first-order valence-electron chi connectivity index (χ1n) is 8.65. The fraction of sp³-hybridized carbons (Fsp3) is 0.136. The van der Waals surface area contributed by atoms with Crippen LogP contribution in [0.4, 0.5) is 5.69 Å². The van der Waals surface area contributed by atoms with Gasteiger partial charge in [-0.15, -0.1) is 0 Å². The number of hydrogen-bond donors (Lipinski definition) is 0. The van der Waals surface area contributed by atoms with E-state index in [1.54, 1.807) is 35.0 Å². The molecule has 1 atom stereocenters. The average molecular weight is 355 g/mol. The minimum atomic E-state index is -0.803.